The second kappa shape index (κ2) is 5.68. The molecule has 6 heteroatoms. The van der Waals surface area contributed by atoms with Gasteiger partial charge in [-0.25, -0.2) is 4.98 Å². The molecule has 1 saturated heterocycles. The fourth-order valence-corrected chi connectivity index (χ4v) is 3.00. The number of pyridine rings is 1. The number of hydrogen-bond donors (Lipinski definition) is 0. The molecule has 1 amide bonds. The van der Waals surface area contributed by atoms with Crippen LogP contribution >= 0.6 is 11.3 Å². The van der Waals surface area contributed by atoms with Crippen molar-refractivity contribution in [3.8, 4) is 0 Å². The minimum Gasteiger partial charge on any atom is -0.368 e. The Morgan fingerprint density at radius 2 is 2.35 bits per heavy atom. The number of aromatic nitrogens is 2. The molecule has 1 atom stereocenters. The van der Waals surface area contributed by atoms with Crippen molar-refractivity contribution in [1.82, 2.24) is 14.9 Å². The Balaban J connectivity index is 1.76. The Kier molecular flexibility index (Phi) is 3.75. The number of amides is 1. The van der Waals surface area contributed by atoms with E-state index in [2.05, 4.69) is 9.97 Å². The lowest BCUT2D eigenvalue weighted by Gasteiger charge is -2.32. The molecule has 2 aromatic rings. The van der Waals surface area contributed by atoms with Crippen LogP contribution in [0.25, 0.3) is 0 Å². The normalized spacial score (nSPS) is 19.1. The van der Waals surface area contributed by atoms with Gasteiger partial charge in [-0.15, -0.1) is 11.3 Å². The van der Waals surface area contributed by atoms with E-state index in [1.807, 2.05) is 30.0 Å². The van der Waals surface area contributed by atoms with E-state index in [0.717, 1.165) is 11.4 Å². The Labute approximate surface area is 121 Å². The third-order valence-corrected chi connectivity index (χ3v) is 4.23. The van der Waals surface area contributed by atoms with Crippen LogP contribution in [-0.2, 0) is 4.74 Å². The number of aryl methyl sites for hydroxylation is 1. The molecule has 3 rings (SSSR count). The number of rotatable bonds is 2. The molecular weight excluding hydrogens is 274 g/mol. The highest BCUT2D eigenvalue weighted by molar-refractivity contribution is 7.11. The fourth-order valence-electron chi connectivity index (χ4n) is 2.23. The maximum atomic E-state index is 12.5. The Hall–Kier alpha value is -1.79. The highest BCUT2D eigenvalue weighted by Gasteiger charge is 2.28. The van der Waals surface area contributed by atoms with Gasteiger partial charge in [0.1, 0.15) is 11.0 Å². The molecule has 5 nitrogen and oxygen atoms in total. The first-order valence-corrected chi connectivity index (χ1v) is 7.35. The number of nitrogens with zero attached hydrogens (tertiary/aromatic N) is 3. The van der Waals surface area contributed by atoms with E-state index < -0.39 is 0 Å². The molecule has 0 unspecified atom stereocenters. The number of carbonyl (C=O) groups excluding carboxylic acids is 1. The summed E-state index contributed by atoms with van der Waals surface area (Å²) in [6.45, 7) is 3.54. The van der Waals surface area contributed by atoms with E-state index in [9.17, 15) is 4.79 Å². The second-order valence-electron chi connectivity index (χ2n) is 4.63. The van der Waals surface area contributed by atoms with E-state index in [1.165, 1.54) is 11.3 Å². The first-order chi connectivity index (χ1) is 9.75. The minimum atomic E-state index is -0.151. The molecule has 0 aliphatic carbocycles. The van der Waals surface area contributed by atoms with Crippen LogP contribution in [0.2, 0.25) is 0 Å². The molecule has 20 heavy (non-hydrogen) atoms. The largest absolute Gasteiger partial charge is 0.368 e. The molecule has 1 fully saturated rings. The zero-order valence-corrected chi connectivity index (χ0v) is 12.0. The van der Waals surface area contributed by atoms with Gasteiger partial charge in [-0.3, -0.25) is 9.78 Å². The summed E-state index contributed by atoms with van der Waals surface area (Å²) < 4.78 is 5.72. The van der Waals surface area contributed by atoms with Crippen LogP contribution in [0.3, 0.4) is 0 Å². The Morgan fingerprint density at radius 1 is 1.45 bits per heavy atom. The van der Waals surface area contributed by atoms with Gasteiger partial charge >= 0.3 is 0 Å². The van der Waals surface area contributed by atoms with E-state index in [-0.39, 0.29) is 12.0 Å². The number of ether oxygens (including phenoxy) is 1. The molecule has 1 aliphatic rings. The summed E-state index contributed by atoms with van der Waals surface area (Å²) in [4.78, 5) is 23.5. The second-order valence-corrected chi connectivity index (χ2v) is 5.49. The van der Waals surface area contributed by atoms with E-state index in [1.54, 1.807) is 11.7 Å². The molecule has 0 radical (unpaired) electrons. The van der Waals surface area contributed by atoms with E-state index in [4.69, 9.17) is 4.74 Å². The monoisotopic (exact) mass is 289 g/mol. The first kappa shape index (κ1) is 13.2. The zero-order chi connectivity index (χ0) is 13.9. The Bertz CT molecular complexity index is 599. The summed E-state index contributed by atoms with van der Waals surface area (Å²) in [7, 11) is 0. The minimum absolute atomic E-state index is 0.0363. The zero-order valence-electron chi connectivity index (χ0n) is 11.2. The topological polar surface area (TPSA) is 55.3 Å². The van der Waals surface area contributed by atoms with Crippen LogP contribution < -0.4 is 0 Å². The van der Waals surface area contributed by atoms with Gasteiger partial charge in [-0.1, -0.05) is 6.07 Å². The van der Waals surface area contributed by atoms with E-state index >= 15 is 0 Å². The van der Waals surface area contributed by atoms with Crippen molar-refractivity contribution >= 4 is 17.2 Å². The van der Waals surface area contributed by atoms with Gasteiger partial charge < -0.3 is 9.64 Å². The van der Waals surface area contributed by atoms with Crippen molar-refractivity contribution in [3.63, 3.8) is 0 Å². The molecule has 104 valence electrons. The maximum Gasteiger partial charge on any atom is 0.266 e. The predicted molar refractivity (Wildman–Crippen MR) is 75.7 cm³/mol. The van der Waals surface area contributed by atoms with Crippen molar-refractivity contribution in [2.24, 2.45) is 0 Å². The third-order valence-electron chi connectivity index (χ3n) is 3.31. The summed E-state index contributed by atoms with van der Waals surface area (Å²) in [6.07, 6.45) is 1.59. The summed E-state index contributed by atoms with van der Waals surface area (Å²) in [5.41, 5.74) is 3.37. The van der Waals surface area contributed by atoms with Crippen molar-refractivity contribution < 1.29 is 9.53 Å². The molecule has 0 N–H and O–H groups in total. The molecule has 0 aromatic carbocycles. The lowest BCUT2D eigenvalue weighted by Crippen LogP contribution is -2.42. The summed E-state index contributed by atoms with van der Waals surface area (Å²) in [6, 6.07) is 5.73. The van der Waals surface area contributed by atoms with Gasteiger partial charge in [0.25, 0.3) is 5.91 Å². The van der Waals surface area contributed by atoms with Gasteiger partial charge in [0.15, 0.2) is 0 Å². The van der Waals surface area contributed by atoms with Crippen molar-refractivity contribution in [2.75, 3.05) is 19.7 Å². The lowest BCUT2D eigenvalue weighted by molar-refractivity contribution is -0.0246. The molecule has 3 heterocycles. The maximum absolute atomic E-state index is 12.5. The molecule has 0 spiro atoms. The summed E-state index contributed by atoms with van der Waals surface area (Å²) >= 11 is 1.39. The standard InChI is InChI=1S/C14H15N3O2S/c1-10-13(20-9-16-10)14(18)17-6-7-19-12(8-17)11-4-2-3-5-15-11/h2-5,9,12H,6-8H2,1H3/t12-/m0/s1. The fraction of sp³-hybridized carbons (Fsp3) is 0.357. The van der Waals surface area contributed by atoms with Crippen molar-refractivity contribution in [2.45, 2.75) is 13.0 Å². The molecule has 0 bridgehead atoms. The molecular formula is C14H15N3O2S. The van der Waals surface area contributed by atoms with E-state index in [0.29, 0.717) is 24.6 Å². The van der Waals surface area contributed by atoms with Crippen LogP contribution in [0.1, 0.15) is 27.2 Å². The van der Waals surface area contributed by atoms with Crippen molar-refractivity contribution in [3.05, 3.63) is 46.2 Å². The van der Waals surface area contributed by atoms with Gasteiger partial charge in [-0.2, -0.15) is 0 Å². The van der Waals surface area contributed by atoms with Crippen LogP contribution in [0.5, 0.6) is 0 Å². The van der Waals surface area contributed by atoms with Gasteiger partial charge in [0.05, 0.1) is 30.1 Å². The summed E-state index contributed by atoms with van der Waals surface area (Å²) in [5.74, 6) is 0.0363. The van der Waals surface area contributed by atoms with Crippen molar-refractivity contribution in [1.29, 1.82) is 0 Å². The average molecular weight is 289 g/mol. The van der Waals surface area contributed by atoms with Crippen LogP contribution in [0.4, 0.5) is 0 Å². The smallest absolute Gasteiger partial charge is 0.266 e. The highest BCUT2D eigenvalue weighted by atomic mass is 32.1. The van der Waals surface area contributed by atoms with Gasteiger partial charge in [0, 0.05) is 12.7 Å². The van der Waals surface area contributed by atoms with Gasteiger partial charge in [-0.05, 0) is 19.1 Å². The Morgan fingerprint density at radius 3 is 3.05 bits per heavy atom. The molecule has 1 aliphatic heterocycles. The van der Waals surface area contributed by atoms with Gasteiger partial charge in [0.2, 0.25) is 0 Å². The lowest BCUT2D eigenvalue weighted by atomic mass is 10.2. The SMILES string of the molecule is Cc1ncsc1C(=O)N1CCO[C@H](c2ccccn2)C1. The van der Waals surface area contributed by atoms with Crippen LogP contribution in [0.15, 0.2) is 29.9 Å². The number of carbonyl (C=O) groups is 1. The predicted octanol–water partition coefficient (Wildman–Crippen LogP) is 2.06. The number of morpholine rings is 1. The first-order valence-electron chi connectivity index (χ1n) is 6.47. The van der Waals surface area contributed by atoms with Crippen LogP contribution in [0, 0.1) is 6.92 Å². The highest BCUT2D eigenvalue weighted by Crippen LogP contribution is 2.23. The quantitative estimate of drug-likeness (QED) is 0.849. The van der Waals surface area contributed by atoms with Crippen LogP contribution in [-0.4, -0.2) is 40.5 Å². The number of hydrogen-bond acceptors (Lipinski definition) is 5. The molecule has 2 aromatic heterocycles. The number of thiazole rings is 1. The summed E-state index contributed by atoms with van der Waals surface area (Å²) in [5, 5.41) is 0. The average Bonchev–Trinajstić information content (AvgIpc) is 2.94. The molecule has 0 saturated carbocycles. The third kappa shape index (κ3) is 2.57.